The Hall–Kier alpha value is -3.02. The lowest BCUT2D eigenvalue weighted by Crippen LogP contribution is -2.57. The molecule has 1 unspecified atom stereocenters. The second-order valence-corrected chi connectivity index (χ2v) is 6.29. The number of amides is 2. The van der Waals surface area contributed by atoms with E-state index in [2.05, 4.69) is 0 Å². The molecule has 3 rings (SSSR count). The third-order valence-electron chi connectivity index (χ3n) is 4.71. The van der Waals surface area contributed by atoms with Crippen molar-refractivity contribution in [2.24, 2.45) is 0 Å². The fourth-order valence-electron chi connectivity index (χ4n) is 3.24. The minimum Gasteiger partial charge on any atom is -0.497 e. The van der Waals surface area contributed by atoms with Crippen LogP contribution >= 0.6 is 0 Å². The number of methoxy groups -OCH3 is 1. The molecule has 142 valence electrons. The van der Waals surface area contributed by atoms with Crippen molar-refractivity contribution in [3.05, 3.63) is 54.1 Å². The summed E-state index contributed by atoms with van der Waals surface area (Å²) in [4.78, 5) is 29.2. The molecule has 2 aromatic rings. The van der Waals surface area contributed by atoms with E-state index >= 15 is 0 Å². The Labute approximate surface area is 159 Å². The summed E-state index contributed by atoms with van der Waals surface area (Å²) in [6.45, 7) is 5.08. The van der Waals surface area contributed by atoms with Crippen molar-refractivity contribution < 1.29 is 19.1 Å². The maximum atomic E-state index is 13.0. The second kappa shape index (κ2) is 8.12. The lowest BCUT2D eigenvalue weighted by molar-refractivity contribution is -0.124. The first-order valence-corrected chi connectivity index (χ1v) is 9.05. The van der Waals surface area contributed by atoms with Crippen molar-refractivity contribution in [3.8, 4) is 11.5 Å². The molecule has 27 heavy (non-hydrogen) atoms. The van der Waals surface area contributed by atoms with Crippen LogP contribution in [0.1, 0.15) is 24.2 Å². The number of ether oxygens (including phenoxy) is 2. The Bertz CT molecular complexity index is 819. The number of hydrogen-bond acceptors (Lipinski definition) is 4. The Balaban J connectivity index is 1.79. The van der Waals surface area contributed by atoms with Crippen molar-refractivity contribution in [1.82, 2.24) is 4.90 Å². The highest BCUT2D eigenvalue weighted by Crippen LogP contribution is 2.31. The molecule has 0 saturated carbocycles. The Morgan fingerprint density at radius 2 is 1.81 bits per heavy atom. The molecule has 0 aliphatic carbocycles. The van der Waals surface area contributed by atoms with Gasteiger partial charge in [0.05, 0.1) is 19.4 Å². The van der Waals surface area contributed by atoms with Crippen molar-refractivity contribution in [3.63, 3.8) is 0 Å². The highest BCUT2D eigenvalue weighted by atomic mass is 16.5. The minimum absolute atomic E-state index is 0.115. The molecule has 1 aliphatic heterocycles. The van der Waals surface area contributed by atoms with E-state index in [-0.39, 0.29) is 11.8 Å². The first kappa shape index (κ1) is 18.8. The van der Waals surface area contributed by atoms with Gasteiger partial charge in [-0.25, -0.2) is 0 Å². The van der Waals surface area contributed by atoms with E-state index in [0.29, 0.717) is 36.8 Å². The molecule has 1 aliphatic rings. The fraction of sp³-hybridized carbons (Fsp3) is 0.333. The molecule has 0 N–H and O–H groups in total. The smallest absolute Gasteiger partial charge is 0.254 e. The number of benzene rings is 2. The van der Waals surface area contributed by atoms with Gasteiger partial charge in [0, 0.05) is 18.7 Å². The predicted octanol–water partition coefficient (Wildman–Crippen LogP) is 2.97. The molecule has 0 aromatic heterocycles. The van der Waals surface area contributed by atoms with Crippen LogP contribution in [0.4, 0.5) is 5.69 Å². The molecule has 6 heteroatoms. The van der Waals surface area contributed by atoms with Crippen LogP contribution in [0.2, 0.25) is 0 Å². The molecule has 2 aromatic carbocycles. The first-order chi connectivity index (χ1) is 13.1. The molecule has 0 bridgehead atoms. The van der Waals surface area contributed by atoms with Gasteiger partial charge in [-0.2, -0.15) is 0 Å². The van der Waals surface area contributed by atoms with Gasteiger partial charge in [0.1, 0.15) is 17.5 Å². The topological polar surface area (TPSA) is 59.1 Å². The van der Waals surface area contributed by atoms with Crippen molar-refractivity contribution in [2.45, 2.75) is 19.9 Å². The lowest BCUT2D eigenvalue weighted by atomic mass is 10.1. The van der Waals surface area contributed by atoms with E-state index in [4.69, 9.17) is 9.47 Å². The number of piperazine rings is 1. The van der Waals surface area contributed by atoms with Gasteiger partial charge >= 0.3 is 0 Å². The fourth-order valence-corrected chi connectivity index (χ4v) is 3.24. The number of carbonyl (C=O) groups excluding carboxylic acids is 2. The van der Waals surface area contributed by atoms with Crippen molar-refractivity contribution in [1.29, 1.82) is 0 Å². The summed E-state index contributed by atoms with van der Waals surface area (Å²) in [5.41, 5.74) is 1.28. The van der Waals surface area contributed by atoms with Crippen LogP contribution in [-0.4, -0.2) is 49.6 Å². The van der Waals surface area contributed by atoms with E-state index in [1.165, 1.54) is 0 Å². The van der Waals surface area contributed by atoms with Crippen LogP contribution in [0.15, 0.2) is 48.5 Å². The summed E-state index contributed by atoms with van der Waals surface area (Å²) in [6, 6.07) is 13.9. The first-order valence-electron chi connectivity index (χ1n) is 9.05. The maximum Gasteiger partial charge on any atom is 0.254 e. The largest absolute Gasteiger partial charge is 0.497 e. The lowest BCUT2D eigenvalue weighted by Gasteiger charge is -2.39. The van der Waals surface area contributed by atoms with Crippen LogP contribution in [0.5, 0.6) is 11.5 Å². The van der Waals surface area contributed by atoms with Crippen molar-refractivity contribution in [2.75, 3.05) is 31.7 Å². The monoisotopic (exact) mass is 368 g/mol. The molecule has 6 nitrogen and oxygen atoms in total. The van der Waals surface area contributed by atoms with Gasteiger partial charge in [-0.15, -0.1) is 0 Å². The number of hydrogen-bond donors (Lipinski definition) is 0. The van der Waals surface area contributed by atoms with Gasteiger partial charge in [-0.05, 0) is 50.2 Å². The summed E-state index contributed by atoms with van der Waals surface area (Å²) >= 11 is 0. The van der Waals surface area contributed by atoms with Crippen LogP contribution in [-0.2, 0) is 4.79 Å². The van der Waals surface area contributed by atoms with E-state index in [1.54, 1.807) is 48.1 Å². The molecule has 0 spiro atoms. The van der Waals surface area contributed by atoms with E-state index < -0.39 is 6.04 Å². The van der Waals surface area contributed by atoms with Crippen LogP contribution in [0, 0.1) is 0 Å². The molecule has 2 amide bonds. The van der Waals surface area contributed by atoms with Crippen LogP contribution in [0.25, 0.3) is 0 Å². The highest BCUT2D eigenvalue weighted by Gasteiger charge is 2.36. The highest BCUT2D eigenvalue weighted by molar-refractivity contribution is 6.04. The van der Waals surface area contributed by atoms with Crippen LogP contribution in [0.3, 0.4) is 0 Å². The molecular formula is C21H24N2O4. The van der Waals surface area contributed by atoms with E-state index in [1.807, 2.05) is 31.2 Å². The van der Waals surface area contributed by atoms with Gasteiger partial charge in [0.25, 0.3) is 5.91 Å². The summed E-state index contributed by atoms with van der Waals surface area (Å²) in [5.74, 6) is 1.09. The van der Waals surface area contributed by atoms with E-state index in [9.17, 15) is 9.59 Å². The normalized spacial score (nSPS) is 17.0. The predicted molar refractivity (Wildman–Crippen MR) is 103 cm³/mol. The summed E-state index contributed by atoms with van der Waals surface area (Å²) < 4.78 is 10.8. The quantitative estimate of drug-likeness (QED) is 0.814. The number of nitrogens with zero attached hydrogens (tertiary/aromatic N) is 2. The Kier molecular flexibility index (Phi) is 5.64. The van der Waals surface area contributed by atoms with Crippen molar-refractivity contribution >= 4 is 17.5 Å². The Morgan fingerprint density at radius 1 is 1.11 bits per heavy atom. The average Bonchev–Trinajstić information content (AvgIpc) is 2.70. The summed E-state index contributed by atoms with van der Waals surface area (Å²) in [6.07, 6.45) is 0. The average molecular weight is 368 g/mol. The third kappa shape index (κ3) is 3.74. The number of para-hydroxylation sites is 2. The van der Waals surface area contributed by atoms with E-state index in [0.717, 1.165) is 5.69 Å². The molecule has 1 atom stereocenters. The molecule has 1 saturated heterocycles. The molecule has 0 radical (unpaired) electrons. The number of rotatable bonds is 5. The zero-order chi connectivity index (χ0) is 19.4. The van der Waals surface area contributed by atoms with Gasteiger partial charge in [-0.3, -0.25) is 9.59 Å². The summed E-state index contributed by atoms with van der Waals surface area (Å²) in [5, 5.41) is 0. The standard InChI is InChI=1S/C21H24N2O4/c1-4-27-19-8-6-5-7-18(19)23-14-13-22(15(2)20(23)24)21(25)16-9-11-17(26-3)12-10-16/h5-12,15H,4,13-14H2,1-3H3. The summed E-state index contributed by atoms with van der Waals surface area (Å²) in [7, 11) is 1.58. The van der Waals surface area contributed by atoms with Gasteiger partial charge < -0.3 is 19.3 Å². The van der Waals surface area contributed by atoms with Gasteiger partial charge in [0.2, 0.25) is 5.91 Å². The maximum absolute atomic E-state index is 13.0. The van der Waals surface area contributed by atoms with Crippen LogP contribution < -0.4 is 14.4 Å². The zero-order valence-electron chi connectivity index (χ0n) is 15.8. The molecule has 1 fully saturated rings. The van der Waals surface area contributed by atoms with Gasteiger partial charge in [-0.1, -0.05) is 12.1 Å². The minimum atomic E-state index is -0.553. The SMILES string of the molecule is CCOc1ccccc1N1CCN(C(=O)c2ccc(OC)cc2)C(C)C1=O. The van der Waals surface area contributed by atoms with Gasteiger partial charge in [0.15, 0.2) is 0 Å². The third-order valence-corrected chi connectivity index (χ3v) is 4.71. The number of carbonyl (C=O) groups is 2. The Morgan fingerprint density at radius 3 is 2.48 bits per heavy atom. The zero-order valence-corrected chi connectivity index (χ0v) is 15.8. The second-order valence-electron chi connectivity index (χ2n) is 6.29. The molecule has 1 heterocycles. The number of anilines is 1. The molecular weight excluding hydrogens is 344 g/mol.